The zero-order valence-electron chi connectivity index (χ0n) is 11.2. The van der Waals surface area contributed by atoms with E-state index >= 15 is 0 Å². The van der Waals surface area contributed by atoms with E-state index in [0.29, 0.717) is 12.1 Å². The van der Waals surface area contributed by atoms with Gasteiger partial charge in [0.15, 0.2) is 0 Å². The molecule has 0 saturated carbocycles. The summed E-state index contributed by atoms with van der Waals surface area (Å²) >= 11 is 0. The van der Waals surface area contributed by atoms with E-state index in [1.54, 1.807) is 0 Å². The molecule has 1 saturated heterocycles. The van der Waals surface area contributed by atoms with Gasteiger partial charge in [0.05, 0.1) is 6.10 Å². The summed E-state index contributed by atoms with van der Waals surface area (Å²) in [5.41, 5.74) is 0. The first-order valence-electron chi connectivity index (χ1n) is 6.77. The molecule has 1 N–H and O–H groups in total. The normalized spacial score (nSPS) is 19.9. The van der Waals surface area contributed by atoms with Gasteiger partial charge in [-0.1, -0.05) is 0 Å². The largest absolute Gasteiger partial charge is 0.377 e. The number of piperidine rings is 1. The van der Waals surface area contributed by atoms with Crippen molar-refractivity contribution in [1.82, 2.24) is 9.97 Å². The monoisotopic (exact) mass is 250 g/mol. The Labute approximate surface area is 109 Å². The Morgan fingerprint density at radius 1 is 1.50 bits per heavy atom. The standard InChI is InChI=1S/C13H22N4O/c1-3-14-13-15-8-7-12(16-13)17-9-5-6-11(10-17)18-4-2/h7-8,11H,3-6,9-10H2,1-2H3,(H,14,15,16). The lowest BCUT2D eigenvalue weighted by Gasteiger charge is -2.33. The first-order chi connectivity index (χ1) is 8.83. The summed E-state index contributed by atoms with van der Waals surface area (Å²) in [5, 5.41) is 3.14. The Morgan fingerprint density at radius 3 is 3.17 bits per heavy atom. The molecular formula is C13H22N4O. The van der Waals surface area contributed by atoms with Crippen molar-refractivity contribution in [2.45, 2.75) is 32.8 Å². The van der Waals surface area contributed by atoms with Crippen molar-refractivity contribution >= 4 is 11.8 Å². The highest BCUT2D eigenvalue weighted by atomic mass is 16.5. The number of hydrogen-bond acceptors (Lipinski definition) is 5. The van der Waals surface area contributed by atoms with Crippen LogP contribution in [0.5, 0.6) is 0 Å². The Bertz CT molecular complexity index is 370. The van der Waals surface area contributed by atoms with Crippen LogP contribution in [-0.2, 0) is 4.74 Å². The lowest BCUT2D eigenvalue weighted by Crippen LogP contribution is -2.40. The highest BCUT2D eigenvalue weighted by molar-refractivity contribution is 5.42. The van der Waals surface area contributed by atoms with E-state index in [-0.39, 0.29) is 0 Å². The predicted molar refractivity (Wildman–Crippen MR) is 73.1 cm³/mol. The Morgan fingerprint density at radius 2 is 2.39 bits per heavy atom. The Hall–Kier alpha value is -1.36. The minimum Gasteiger partial charge on any atom is -0.377 e. The second-order valence-corrected chi connectivity index (χ2v) is 4.43. The van der Waals surface area contributed by atoms with Gasteiger partial charge in [-0.25, -0.2) is 4.98 Å². The van der Waals surface area contributed by atoms with Crippen molar-refractivity contribution in [3.05, 3.63) is 12.3 Å². The summed E-state index contributed by atoms with van der Waals surface area (Å²) < 4.78 is 5.71. The maximum absolute atomic E-state index is 5.71. The van der Waals surface area contributed by atoms with Gasteiger partial charge >= 0.3 is 0 Å². The molecule has 100 valence electrons. The number of anilines is 2. The summed E-state index contributed by atoms with van der Waals surface area (Å²) in [6, 6.07) is 1.97. The van der Waals surface area contributed by atoms with Crippen LogP contribution < -0.4 is 10.2 Å². The van der Waals surface area contributed by atoms with Gasteiger partial charge in [0, 0.05) is 32.4 Å². The molecule has 18 heavy (non-hydrogen) atoms. The Balaban J connectivity index is 2.03. The van der Waals surface area contributed by atoms with E-state index in [1.807, 2.05) is 26.1 Å². The first kappa shape index (κ1) is 13.1. The molecule has 0 amide bonds. The van der Waals surface area contributed by atoms with Crippen molar-refractivity contribution in [1.29, 1.82) is 0 Å². The topological polar surface area (TPSA) is 50.3 Å². The summed E-state index contributed by atoms with van der Waals surface area (Å²) in [7, 11) is 0. The minimum atomic E-state index is 0.335. The van der Waals surface area contributed by atoms with Crippen LogP contribution in [0.2, 0.25) is 0 Å². The molecule has 1 fully saturated rings. The molecule has 0 radical (unpaired) electrons. The molecule has 0 bridgehead atoms. The van der Waals surface area contributed by atoms with Gasteiger partial charge in [0.2, 0.25) is 5.95 Å². The van der Waals surface area contributed by atoms with E-state index in [9.17, 15) is 0 Å². The highest BCUT2D eigenvalue weighted by Gasteiger charge is 2.21. The molecular weight excluding hydrogens is 228 g/mol. The van der Waals surface area contributed by atoms with E-state index in [1.165, 1.54) is 0 Å². The van der Waals surface area contributed by atoms with Crippen LogP contribution in [0.25, 0.3) is 0 Å². The summed E-state index contributed by atoms with van der Waals surface area (Å²) in [6.45, 7) is 7.69. The average Bonchev–Trinajstić information content (AvgIpc) is 2.40. The molecule has 1 aliphatic rings. The fourth-order valence-corrected chi connectivity index (χ4v) is 2.29. The van der Waals surface area contributed by atoms with Gasteiger partial charge in [0.1, 0.15) is 5.82 Å². The van der Waals surface area contributed by atoms with E-state index in [4.69, 9.17) is 4.74 Å². The third kappa shape index (κ3) is 3.32. The van der Waals surface area contributed by atoms with Gasteiger partial charge in [-0.05, 0) is 32.8 Å². The fourth-order valence-electron chi connectivity index (χ4n) is 2.29. The summed E-state index contributed by atoms with van der Waals surface area (Å²) in [4.78, 5) is 11.0. The van der Waals surface area contributed by atoms with E-state index in [2.05, 4.69) is 20.2 Å². The van der Waals surface area contributed by atoms with Crippen molar-refractivity contribution in [2.24, 2.45) is 0 Å². The van der Waals surface area contributed by atoms with Gasteiger partial charge in [0.25, 0.3) is 0 Å². The smallest absolute Gasteiger partial charge is 0.224 e. The van der Waals surface area contributed by atoms with Crippen molar-refractivity contribution < 1.29 is 4.74 Å². The summed E-state index contributed by atoms with van der Waals surface area (Å²) in [5.74, 6) is 1.69. The van der Waals surface area contributed by atoms with Crippen LogP contribution in [0.1, 0.15) is 26.7 Å². The molecule has 2 rings (SSSR count). The van der Waals surface area contributed by atoms with Crippen LogP contribution in [-0.4, -0.2) is 42.3 Å². The Kier molecular flexibility index (Phi) is 4.75. The van der Waals surface area contributed by atoms with Gasteiger partial charge in [-0.3, -0.25) is 0 Å². The highest BCUT2D eigenvalue weighted by Crippen LogP contribution is 2.20. The maximum atomic E-state index is 5.71. The minimum absolute atomic E-state index is 0.335. The molecule has 5 nitrogen and oxygen atoms in total. The number of rotatable bonds is 5. The molecule has 0 spiro atoms. The number of nitrogens with zero attached hydrogens (tertiary/aromatic N) is 3. The molecule has 0 aliphatic carbocycles. The molecule has 5 heteroatoms. The van der Waals surface area contributed by atoms with Gasteiger partial charge in [-0.2, -0.15) is 4.98 Å². The van der Waals surface area contributed by atoms with Crippen LogP contribution in [0, 0.1) is 0 Å². The molecule has 1 atom stereocenters. The number of nitrogens with one attached hydrogen (secondary N) is 1. The second-order valence-electron chi connectivity index (χ2n) is 4.43. The first-order valence-corrected chi connectivity index (χ1v) is 6.77. The third-order valence-electron chi connectivity index (χ3n) is 3.08. The number of aromatic nitrogens is 2. The van der Waals surface area contributed by atoms with E-state index < -0.39 is 0 Å². The quantitative estimate of drug-likeness (QED) is 0.865. The van der Waals surface area contributed by atoms with Crippen LogP contribution in [0.15, 0.2) is 12.3 Å². The predicted octanol–water partition coefficient (Wildman–Crippen LogP) is 1.91. The molecule has 1 aromatic heterocycles. The van der Waals surface area contributed by atoms with E-state index in [0.717, 1.165) is 44.9 Å². The molecule has 1 aliphatic heterocycles. The second kappa shape index (κ2) is 6.54. The molecule has 0 aromatic carbocycles. The zero-order chi connectivity index (χ0) is 12.8. The summed E-state index contributed by atoms with van der Waals surface area (Å²) in [6.07, 6.45) is 4.45. The van der Waals surface area contributed by atoms with Crippen molar-refractivity contribution in [2.75, 3.05) is 36.5 Å². The average molecular weight is 250 g/mol. The van der Waals surface area contributed by atoms with Crippen LogP contribution >= 0.6 is 0 Å². The van der Waals surface area contributed by atoms with Crippen molar-refractivity contribution in [3.8, 4) is 0 Å². The molecule has 2 heterocycles. The third-order valence-corrected chi connectivity index (χ3v) is 3.08. The maximum Gasteiger partial charge on any atom is 0.224 e. The number of ether oxygens (including phenoxy) is 1. The zero-order valence-corrected chi connectivity index (χ0v) is 11.2. The molecule has 1 unspecified atom stereocenters. The lowest BCUT2D eigenvalue weighted by molar-refractivity contribution is 0.0525. The van der Waals surface area contributed by atoms with Gasteiger partial charge in [-0.15, -0.1) is 0 Å². The SMILES string of the molecule is CCNc1nccc(N2CCCC(OCC)C2)n1. The van der Waals surface area contributed by atoms with Crippen LogP contribution in [0.3, 0.4) is 0 Å². The fraction of sp³-hybridized carbons (Fsp3) is 0.692. The number of hydrogen-bond donors (Lipinski definition) is 1. The van der Waals surface area contributed by atoms with Crippen molar-refractivity contribution in [3.63, 3.8) is 0 Å². The molecule has 1 aromatic rings. The van der Waals surface area contributed by atoms with Gasteiger partial charge < -0.3 is 15.0 Å². The lowest BCUT2D eigenvalue weighted by atomic mass is 10.1. The van der Waals surface area contributed by atoms with Crippen LogP contribution in [0.4, 0.5) is 11.8 Å².